The van der Waals surface area contributed by atoms with Crippen molar-refractivity contribution in [2.45, 2.75) is 52.0 Å². The van der Waals surface area contributed by atoms with Crippen LogP contribution in [0.15, 0.2) is 12.3 Å². The van der Waals surface area contributed by atoms with Crippen molar-refractivity contribution >= 4 is 23.8 Å². The number of nitrogens with zero attached hydrogens (tertiary/aromatic N) is 3. The van der Waals surface area contributed by atoms with E-state index in [1.165, 1.54) is 0 Å². The summed E-state index contributed by atoms with van der Waals surface area (Å²) >= 11 is 0. The first-order chi connectivity index (χ1) is 16.2. The summed E-state index contributed by atoms with van der Waals surface area (Å²) in [4.78, 5) is 28.0. The number of halogens is 1. The monoisotopic (exact) mass is 473 g/mol. The molecule has 2 atom stereocenters. The molecular formula is C25H36FN5O3. The summed E-state index contributed by atoms with van der Waals surface area (Å²) in [7, 11) is 0. The Bertz CT molecular complexity index is 967. The first kappa shape index (κ1) is 23.3. The van der Waals surface area contributed by atoms with Gasteiger partial charge >= 0.3 is 0 Å². The number of nitrogens with two attached hydrogens (primary N) is 1. The van der Waals surface area contributed by atoms with Gasteiger partial charge in [0.2, 0.25) is 5.91 Å². The van der Waals surface area contributed by atoms with Crippen molar-refractivity contribution in [2.24, 2.45) is 34.3 Å². The molecule has 8 nitrogen and oxygen atoms in total. The third kappa shape index (κ3) is 4.12. The zero-order valence-electron chi connectivity index (χ0n) is 20.1. The zero-order valence-corrected chi connectivity index (χ0v) is 20.1. The normalized spacial score (nSPS) is 33.0. The average molecular weight is 474 g/mol. The van der Waals surface area contributed by atoms with Gasteiger partial charge in [-0.05, 0) is 49.9 Å². The Hall–Kier alpha value is -2.42. The van der Waals surface area contributed by atoms with Gasteiger partial charge in [0.05, 0.1) is 26.1 Å². The molecule has 9 heteroatoms. The maximum atomic E-state index is 13.6. The van der Waals surface area contributed by atoms with Crippen molar-refractivity contribution < 1.29 is 18.7 Å². The molecule has 2 amide bonds. The van der Waals surface area contributed by atoms with E-state index in [9.17, 15) is 14.0 Å². The van der Waals surface area contributed by atoms with Crippen molar-refractivity contribution in [3.63, 3.8) is 0 Å². The number of primary amides is 1. The summed E-state index contributed by atoms with van der Waals surface area (Å²) in [6.45, 7) is 5.63. The number of hydrogen-bond donors (Lipinski definition) is 2. The summed E-state index contributed by atoms with van der Waals surface area (Å²) in [5.41, 5.74) is 5.34. The molecule has 4 bridgehead atoms. The van der Waals surface area contributed by atoms with E-state index < -0.39 is 12.1 Å². The number of amides is 2. The highest BCUT2D eigenvalue weighted by Gasteiger charge is 2.58. The first-order valence-corrected chi connectivity index (χ1v) is 12.5. The van der Waals surface area contributed by atoms with Gasteiger partial charge in [-0.25, -0.2) is 4.68 Å². The largest absolute Gasteiger partial charge is 0.378 e. The Kier molecular flexibility index (Phi) is 5.94. The van der Waals surface area contributed by atoms with E-state index in [1.807, 2.05) is 13.8 Å². The lowest BCUT2D eigenvalue weighted by Gasteiger charge is -2.58. The highest BCUT2D eigenvalue weighted by molar-refractivity contribution is 5.99. The number of alkyl halides is 1. The third-order valence-electron chi connectivity index (χ3n) is 8.43. The molecule has 0 radical (unpaired) electrons. The fraction of sp³-hybridized carbons (Fsp3) is 0.720. The van der Waals surface area contributed by atoms with Gasteiger partial charge < -0.3 is 20.7 Å². The molecule has 5 aliphatic rings. The lowest BCUT2D eigenvalue weighted by Crippen LogP contribution is -2.62. The van der Waals surface area contributed by atoms with Crippen LogP contribution < -0.4 is 16.0 Å². The van der Waals surface area contributed by atoms with E-state index in [1.54, 1.807) is 23.2 Å². The Morgan fingerprint density at radius 1 is 1.26 bits per heavy atom. The zero-order chi connectivity index (χ0) is 24.1. The van der Waals surface area contributed by atoms with E-state index in [4.69, 9.17) is 10.5 Å². The first-order valence-electron chi connectivity index (χ1n) is 12.5. The van der Waals surface area contributed by atoms with Gasteiger partial charge in [0.1, 0.15) is 11.4 Å². The van der Waals surface area contributed by atoms with Crippen LogP contribution in [0.2, 0.25) is 0 Å². The van der Waals surface area contributed by atoms with Crippen LogP contribution in [0.5, 0.6) is 0 Å². The number of ether oxygens (including phenoxy) is 1. The maximum absolute atomic E-state index is 13.6. The summed E-state index contributed by atoms with van der Waals surface area (Å²) in [5, 5.41) is 7.80. The quantitative estimate of drug-likeness (QED) is 0.634. The second kappa shape index (κ2) is 8.66. The number of carbonyl (C=O) groups excluding carboxylic acids is 2. The van der Waals surface area contributed by atoms with E-state index in [-0.39, 0.29) is 35.1 Å². The Balaban J connectivity index is 1.39. The minimum atomic E-state index is -0.618. The van der Waals surface area contributed by atoms with Gasteiger partial charge in [-0.15, -0.1) is 0 Å². The Morgan fingerprint density at radius 3 is 2.56 bits per heavy atom. The van der Waals surface area contributed by atoms with Gasteiger partial charge in [0, 0.05) is 36.2 Å². The molecule has 5 fully saturated rings. The van der Waals surface area contributed by atoms with Crippen molar-refractivity contribution in [3.05, 3.63) is 17.8 Å². The third-order valence-corrected chi connectivity index (χ3v) is 8.43. The lowest BCUT2D eigenvalue weighted by molar-refractivity contribution is -0.145. The highest BCUT2D eigenvalue weighted by Crippen LogP contribution is 2.60. The number of nitrogens with one attached hydrogen (secondary N) is 1. The van der Waals surface area contributed by atoms with Crippen LogP contribution in [0.3, 0.4) is 0 Å². The predicted molar refractivity (Wildman–Crippen MR) is 127 cm³/mol. The summed E-state index contributed by atoms with van der Waals surface area (Å²) in [5.74, 6) is 1.51. The van der Waals surface area contributed by atoms with Gasteiger partial charge in [-0.1, -0.05) is 19.9 Å². The molecule has 6 rings (SSSR count). The molecule has 2 heterocycles. The van der Waals surface area contributed by atoms with E-state index in [2.05, 4.69) is 15.3 Å². The summed E-state index contributed by atoms with van der Waals surface area (Å²) in [6, 6.07) is 0.0541. The predicted octanol–water partition coefficient (Wildman–Crippen LogP) is 2.60. The second-order valence-electron chi connectivity index (χ2n) is 11.5. The van der Waals surface area contributed by atoms with Crippen LogP contribution in [-0.2, 0) is 9.53 Å². The SMILES string of the molecule is CC(C)(C=Cn1ncc(C(=O)NC2C3CC4CC2CC(C(N)=O)(C4)C3)c1N1CCOCC1)CF. The van der Waals surface area contributed by atoms with Crippen LogP contribution >= 0.6 is 0 Å². The minimum Gasteiger partial charge on any atom is -0.378 e. The van der Waals surface area contributed by atoms with Crippen molar-refractivity contribution in [3.8, 4) is 0 Å². The molecule has 186 valence electrons. The van der Waals surface area contributed by atoms with Crippen LogP contribution in [0, 0.1) is 28.6 Å². The van der Waals surface area contributed by atoms with Gasteiger partial charge in [-0.2, -0.15) is 5.10 Å². The van der Waals surface area contributed by atoms with Crippen molar-refractivity contribution in [1.29, 1.82) is 0 Å². The van der Waals surface area contributed by atoms with Gasteiger partial charge in [-0.3, -0.25) is 14.0 Å². The molecule has 0 aromatic carbocycles. The second-order valence-corrected chi connectivity index (χ2v) is 11.5. The van der Waals surface area contributed by atoms with E-state index in [0.717, 1.165) is 32.1 Å². The van der Waals surface area contributed by atoms with E-state index >= 15 is 0 Å². The number of morpholine rings is 1. The maximum Gasteiger partial charge on any atom is 0.256 e. The van der Waals surface area contributed by atoms with E-state index in [0.29, 0.717) is 43.6 Å². The fourth-order valence-electron chi connectivity index (χ4n) is 6.82. The molecule has 1 saturated heterocycles. The summed E-state index contributed by atoms with van der Waals surface area (Å²) < 4.78 is 20.5. The number of rotatable bonds is 7. The molecule has 2 unspecified atom stereocenters. The molecule has 4 saturated carbocycles. The number of allylic oxidation sites excluding steroid dienone is 1. The molecule has 0 spiro atoms. The molecule has 1 aromatic heterocycles. The molecule has 34 heavy (non-hydrogen) atoms. The standard InChI is InChI=1S/C25H36FN5O3/c1-24(2,15-26)3-4-31-22(30-5-7-34-8-6-30)19(14-28-31)21(32)29-20-17-9-16-10-18(20)13-25(11-16,12-17)23(27)33/h3-4,14,16-18,20H,5-13,15H2,1-2H3,(H2,27,33)(H,29,32). The molecule has 1 aliphatic heterocycles. The van der Waals surface area contributed by atoms with Gasteiger partial charge in [0.15, 0.2) is 0 Å². The number of anilines is 1. The van der Waals surface area contributed by atoms with Crippen molar-refractivity contribution in [2.75, 3.05) is 37.9 Å². The van der Waals surface area contributed by atoms with Crippen LogP contribution in [0.4, 0.5) is 10.2 Å². The van der Waals surface area contributed by atoms with Crippen LogP contribution in [-0.4, -0.2) is 60.6 Å². The van der Waals surface area contributed by atoms with Crippen LogP contribution in [0.1, 0.15) is 56.3 Å². The Labute approximate surface area is 200 Å². The molecule has 4 aliphatic carbocycles. The van der Waals surface area contributed by atoms with Crippen molar-refractivity contribution in [1.82, 2.24) is 15.1 Å². The number of carbonyl (C=O) groups is 2. The smallest absolute Gasteiger partial charge is 0.256 e. The number of aromatic nitrogens is 2. The average Bonchev–Trinajstić information content (AvgIpc) is 3.24. The number of hydrogen-bond acceptors (Lipinski definition) is 5. The molecular weight excluding hydrogens is 437 g/mol. The fourth-order valence-corrected chi connectivity index (χ4v) is 6.82. The topological polar surface area (TPSA) is 102 Å². The summed E-state index contributed by atoms with van der Waals surface area (Å²) in [6.07, 6.45) is 9.70. The van der Waals surface area contributed by atoms with Gasteiger partial charge in [0.25, 0.3) is 5.91 Å². The molecule has 1 aromatic rings. The Morgan fingerprint density at radius 2 is 1.94 bits per heavy atom. The van der Waals surface area contributed by atoms with Crippen LogP contribution in [0.25, 0.3) is 6.20 Å². The highest BCUT2D eigenvalue weighted by atomic mass is 19.1. The lowest BCUT2D eigenvalue weighted by atomic mass is 9.47. The molecule has 3 N–H and O–H groups in total. The minimum absolute atomic E-state index is 0.0541.